The number of carboxylic acid groups (broad SMARTS) is 1. The average Bonchev–Trinajstić information content (AvgIpc) is 2.38. The van der Waals surface area contributed by atoms with Crippen molar-refractivity contribution in [3.8, 4) is 0 Å². The van der Waals surface area contributed by atoms with Crippen LogP contribution in [0.25, 0.3) is 0 Å². The minimum atomic E-state index is -0.810. The molecule has 98 valence electrons. The van der Waals surface area contributed by atoms with Crippen LogP contribution in [0.3, 0.4) is 0 Å². The monoisotopic (exact) mass is 256 g/mol. The van der Waals surface area contributed by atoms with Crippen LogP contribution in [0.5, 0.6) is 0 Å². The van der Waals surface area contributed by atoms with Crippen molar-refractivity contribution in [3.05, 3.63) is 59.4 Å². The summed E-state index contributed by atoms with van der Waals surface area (Å²) in [4.78, 5) is 14.7. The van der Waals surface area contributed by atoms with Crippen LogP contribution in [0.4, 0.5) is 5.69 Å². The summed E-state index contributed by atoms with van der Waals surface area (Å²) in [5.41, 5.74) is 3.98. The Labute approximate surface area is 112 Å². The number of aliphatic carboxylic acids is 1. The number of carbonyl (C=O) groups is 1. The molecule has 0 saturated heterocycles. The van der Waals surface area contributed by atoms with E-state index in [1.54, 1.807) is 6.20 Å². The molecule has 0 radical (unpaired) electrons. The fraction of sp³-hybridized carbons (Fsp3) is 0.200. The minimum absolute atomic E-state index is 0.0593. The predicted octanol–water partition coefficient (Wildman–Crippen LogP) is 2.63. The topological polar surface area (TPSA) is 62.2 Å². The van der Waals surface area contributed by atoms with Crippen molar-refractivity contribution in [2.45, 2.75) is 19.9 Å². The Kier molecular flexibility index (Phi) is 4.13. The average molecular weight is 256 g/mol. The summed E-state index contributed by atoms with van der Waals surface area (Å²) in [5.74, 6) is -0.810. The second-order valence-electron chi connectivity index (χ2n) is 4.43. The minimum Gasteiger partial charge on any atom is -0.481 e. The van der Waals surface area contributed by atoms with Gasteiger partial charge < -0.3 is 10.4 Å². The summed E-state index contributed by atoms with van der Waals surface area (Å²) in [6, 6.07) is 9.57. The molecule has 19 heavy (non-hydrogen) atoms. The molecule has 2 rings (SSSR count). The zero-order chi connectivity index (χ0) is 13.7. The van der Waals surface area contributed by atoms with E-state index < -0.39 is 5.97 Å². The Morgan fingerprint density at radius 1 is 1.32 bits per heavy atom. The van der Waals surface area contributed by atoms with Crippen molar-refractivity contribution >= 4 is 11.7 Å². The third kappa shape index (κ3) is 3.81. The van der Waals surface area contributed by atoms with Crippen LogP contribution < -0.4 is 5.32 Å². The van der Waals surface area contributed by atoms with Gasteiger partial charge in [-0.05, 0) is 35.7 Å². The third-order valence-electron chi connectivity index (χ3n) is 2.85. The van der Waals surface area contributed by atoms with E-state index in [2.05, 4.69) is 10.3 Å². The number of hydrogen-bond acceptors (Lipinski definition) is 3. The summed E-state index contributed by atoms with van der Waals surface area (Å²) in [6.07, 6.45) is 3.63. The van der Waals surface area contributed by atoms with Crippen molar-refractivity contribution in [1.82, 2.24) is 4.98 Å². The molecule has 1 heterocycles. The lowest BCUT2D eigenvalue weighted by Gasteiger charge is -2.10. The van der Waals surface area contributed by atoms with Crippen molar-refractivity contribution < 1.29 is 9.90 Å². The smallest absolute Gasteiger partial charge is 0.307 e. The Morgan fingerprint density at radius 3 is 2.79 bits per heavy atom. The van der Waals surface area contributed by atoms with Crippen LogP contribution >= 0.6 is 0 Å². The number of aromatic nitrogens is 1. The van der Waals surface area contributed by atoms with Gasteiger partial charge in [-0.3, -0.25) is 9.78 Å². The van der Waals surface area contributed by atoms with E-state index in [0.717, 1.165) is 22.4 Å². The molecule has 4 heteroatoms. The molecule has 0 unspecified atom stereocenters. The summed E-state index contributed by atoms with van der Waals surface area (Å²) in [5, 5.41) is 12.1. The number of anilines is 1. The Hall–Kier alpha value is -2.36. The Morgan fingerprint density at radius 2 is 2.16 bits per heavy atom. The molecule has 2 N–H and O–H groups in total. The number of nitrogens with one attached hydrogen (secondary N) is 1. The SMILES string of the molecule is Cc1cc(CC(=O)O)ccc1NCc1cccnc1. The number of aryl methyl sites for hydroxylation is 1. The van der Waals surface area contributed by atoms with Gasteiger partial charge in [0.2, 0.25) is 0 Å². The molecule has 4 nitrogen and oxygen atoms in total. The maximum Gasteiger partial charge on any atom is 0.307 e. The summed E-state index contributed by atoms with van der Waals surface area (Å²) in [7, 11) is 0. The largest absolute Gasteiger partial charge is 0.481 e. The molecular formula is C15H16N2O2. The van der Waals surface area contributed by atoms with Gasteiger partial charge in [0, 0.05) is 24.6 Å². The molecular weight excluding hydrogens is 240 g/mol. The predicted molar refractivity (Wildman–Crippen MR) is 74.1 cm³/mol. The zero-order valence-electron chi connectivity index (χ0n) is 10.8. The first-order valence-electron chi connectivity index (χ1n) is 6.09. The molecule has 0 atom stereocenters. The van der Waals surface area contributed by atoms with Gasteiger partial charge in [0.1, 0.15) is 0 Å². The second kappa shape index (κ2) is 6.00. The molecule has 0 fully saturated rings. The van der Waals surface area contributed by atoms with Crippen LogP contribution in [0.15, 0.2) is 42.7 Å². The van der Waals surface area contributed by atoms with Gasteiger partial charge in [0.05, 0.1) is 6.42 Å². The van der Waals surface area contributed by atoms with Crippen LogP contribution in [0, 0.1) is 6.92 Å². The maximum atomic E-state index is 10.7. The number of rotatable bonds is 5. The summed E-state index contributed by atoms with van der Waals surface area (Å²) in [6.45, 7) is 2.67. The number of carboxylic acids is 1. The first kappa shape index (κ1) is 13.1. The second-order valence-corrected chi connectivity index (χ2v) is 4.43. The molecule has 0 saturated carbocycles. The molecule has 0 aliphatic heterocycles. The fourth-order valence-corrected chi connectivity index (χ4v) is 1.91. The van der Waals surface area contributed by atoms with Crippen molar-refractivity contribution in [2.24, 2.45) is 0 Å². The normalized spacial score (nSPS) is 10.2. The quantitative estimate of drug-likeness (QED) is 0.863. The Balaban J connectivity index is 2.03. The lowest BCUT2D eigenvalue weighted by atomic mass is 10.1. The maximum absolute atomic E-state index is 10.7. The van der Waals surface area contributed by atoms with Crippen LogP contribution in [0.1, 0.15) is 16.7 Å². The standard InChI is InChI=1S/C15H16N2O2/c1-11-7-12(8-15(18)19)4-5-14(11)17-10-13-3-2-6-16-9-13/h2-7,9,17H,8,10H2,1H3,(H,18,19). The van der Waals surface area contributed by atoms with Crippen LogP contribution in [-0.4, -0.2) is 16.1 Å². The first-order chi connectivity index (χ1) is 9.15. The molecule has 0 bridgehead atoms. The summed E-state index contributed by atoms with van der Waals surface area (Å²) >= 11 is 0. The van der Waals surface area contributed by atoms with E-state index in [0.29, 0.717) is 6.54 Å². The number of nitrogens with zero attached hydrogens (tertiary/aromatic N) is 1. The number of pyridine rings is 1. The molecule has 0 aliphatic rings. The third-order valence-corrected chi connectivity index (χ3v) is 2.85. The van der Waals surface area contributed by atoms with E-state index in [4.69, 9.17) is 5.11 Å². The van der Waals surface area contributed by atoms with Gasteiger partial charge in [0.15, 0.2) is 0 Å². The van der Waals surface area contributed by atoms with Crippen molar-refractivity contribution in [2.75, 3.05) is 5.32 Å². The zero-order valence-corrected chi connectivity index (χ0v) is 10.8. The molecule has 0 amide bonds. The van der Waals surface area contributed by atoms with Crippen molar-refractivity contribution in [3.63, 3.8) is 0 Å². The lowest BCUT2D eigenvalue weighted by molar-refractivity contribution is -0.136. The fourth-order valence-electron chi connectivity index (χ4n) is 1.91. The van der Waals surface area contributed by atoms with E-state index in [-0.39, 0.29) is 6.42 Å². The molecule has 0 aliphatic carbocycles. The van der Waals surface area contributed by atoms with Crippen LogP contribution in [0.2, 0.25) is 0 Å². The highest BCUT2D eigenvalue weighted by Crippen LogP contribution is 2.17. The van der Waals surface area contributed by atoms with E-state index >= 15 is 0 Å². The highest BCUT2D eigenvalue weighted by Gasteiger charge is 2.03. The molecule has 0 spiro atoms. The van der Waals surface area contributed by atoms with Gasteiger partial charge in [-0.2, -0.15) is 0 Å². The first-order valence-corrected chi connectivity index (χ1v) is 6.09. The highest BCUT2D eigenvalue weighted by molar-refractivity contribution is 5.70. The summed E-state index contributed by atoms with van der Waals surface area (Å²) < 4.78 is 0. The Bertz CT molecular complexity index is 568. The highest BCUT2D eigenvalue weighted by atomic mass is 16.4. The van der Waals surface area contributed by atoms with Crippen LogP contribution in [-0.2, 0) is 17.8 Å². The molecule has 2 aromatic rings. The van der Waals surface area contributed by atoms with E-state index in [9.17, 15) is 4.79 Å². The number of hydrogen-bond donors (Lipinski definition) is 2. The molecule has 1 aromatic carbocycles. The lowest BCUT2D eigenvalue weighted by Crippen LogP contribution is -2.03. The molecule has 1 aromatic heterocycles. The van der Waals surface area contributed by atoms with E-state index in [1.807, 2.05) is 43.5 Å². The van der Waals surface area contributed by atoms with Gasteiger partial charge in [-0.25, -0.2) is 0 Å². The van der Waals surface area contributed by atoms with Gasteiger partial charge >= 0.3 is 5.97 Å². The van der Waals surface area contributed by atoms with E-state index in [1.165, 1.54) is 0 Å². The van der Waals surface area contributed by atoms with Gasteiger partial charge in [-0.15, -0.1) is 0 Å². The van der Waals surface area contributed by atoms with Gasteiger partial charge in [-0.1, -0.05) is 18.2 Å². The van der Waals surface area contributed by atoms with Crippen molar-refractivity contribution in [1.29, 1.82) is 0 Å². The number of benzene rings is 1. The van der Waals surface area contributed by atoms with Gasteiger partial charge in [0.25, 0.3) is 0 Å².